The van der Waals surface area contributed by atoms with E-state index in [1.807, 2.05) is 20.8 Å². The van der Waals surface area contributed by atoms with Crippen LogP contribution >= 0.6 is 0 Å². The highest BCUT2D eigenvalue weighted by Gasteiger charge is 2.31. The van der Waals surface area contributed by atoms with Gasteiger partial charge in [0.25, 0.3) is 0 Å². The molecule has 1 aromatic rings. The molecular formula is C13H18N4O2. The van der Waals surface area contributed by atoms with E-state index >= 15 is 0 Å². The normalized spacial score (nSPS) is 19.3. The number of rotatable bonds is 1. The monoisotopic (exact) mass is 262 g/mol. The largest absolute Gasteiger partial charge is 0.444 e. The number of carbonyl (C=O) groups excluding carboxylic acids is 1. The topological polar surface area (TPSA) is 71.2 Å². The predicted molar refractivity (Wildman–Crippen MR) is 68.4 cm³/mol. The molecule has 0 spiro atoms. The Morgan fingerprint density at radius 1 is 1.58 bits per heavy atom. The van der Waals surface area contributed by atoms with Crippen molar-refractivity contribution in [3.63, 3.8) is 0 Å². The number of likely N-dealkylation sites (tertiary alicyclic amines) is 1. The van der Waals surface area contributed by atoms with Gasteiger partial charge >= 0.3 is 6.09 Å². The lowest BCUT2D eigenvalue weighted by atomic mass is 10.2. The van der Waals surface area contributed by atoms with Gasteiger partial charge in [-0.2, -0.15) is 10.4 Å². The predicted octanol–water partition coefficient (Wildman–Crippen LogP) is 1.94. The molecule has 1 unspecified atom stereocenters. The Labute approximate surface area is 112 Å². The zero-order valence-electron chi connectivity index (χ0n) is 11.5. The molecule has 1 fully saturated rings. The fourth-order valence-electron chi connectivity index (χ4n) is 2.13. The molecule has 1 aliphatic heterocycles. The van der Waals surface area contributed by atoms with Gasteiger partial charge in [-0.25, -0.2) is 9.48 Å². The van der Waals surface area contributed by atoms with Gasteiger partial charge in [-0.3, -0.25) is 0 Å². The van der Waals surface area contributed by atoms with Crippen molar-refractivity contribution in [2.75, 3.05) is 13.1 Å². The molecular weight excluding hydrogens is 244 g/mol. The first-order chi connectivity index (χ1) is 8.90. The van der Waals surface area contributed by atoms with E-state index in [0.29, 0.717) is 18.8 Å². The summed E-state index contributed by atoms with van der Waals surface area (Å²) in [4.78, 5) is 13.6. The van der Waals surface area contributed by atoms with Crippen molar-refractivity contribution in [1.29, 1.82) is 5.26 Å². The van der Waals surface area contributed by atoms with Crippen molar-refractivity contribution >= 4 is 6.09 Å². The summed E-state index contributed by atoms with van der Waals surface area (Å²) in [5, 5.41) is 13.1. The summed E-state index contributed by atoms with van der Waals surface area (Å²) in [5.74, 6) is 0. The third kappa shape index (κ3) is 3.05. The van der Waals surface area contributed by atoms with Gasteiger partial charge in [-0.05, 0) is 33.3 Å². The summed E-state index contributed by atoms with van der Waals surface area (Å²) in [7, 11) is 0. The molecule has 6 heteroatoms. The Morgan fingerprint density at radius 3 is 2.95 bits per heavy atom. The highest BCUT2D eigenvalue weighted by atomic mass is 16.6. The molecule has 2 rings (SSSR count). The fourth-order valence-corrected chi connectivity index (χ4v) is 2.13. The summed E-state index contributed by atoms with van der Waals surface area (Å²) in [6.45, 7) is 6.70. The second-order valence-corrected chi connectivity index (χ2v) is 5.64. The molecule has 0 radical (unpaired) electrons. The molecule has 1 aliphatic rings. The highest BCUT2D eigenvalue weighted by molar-refractivity contribution is 5.68. The molecule has 1 amide bonds. The average molecular weight is 262 g/mol. The Hall–Kier alpha value is -2.03. The van der Waals surface area contributed by atoms with Crippen molar-refractivity contribution in [3.05, 3.63) is 18.0 Å². The van der Waals surface area contributed by atoms with Crippen molar-refractivity contribution in [2.24, 2.45) is 0 Å². The minimum Gasteiger partial charge on any atom is -0.444 e. The number of aromatic nitrogens is 2. The summed E-state index contributed by atoms with van der Waals surface area (Å²) >= 11 is 0. The van der Waals surface area contributed by atoms with Crippen LogP contribution in [0.2, 0.25) is 0 Å². The lowest BCUT2D eigenvalue weighted by Gasteiger charge is -2.24. The molecule has 0 saturated carbocycles. The van der Waals surface area contributed by atoms with Crippen LogP contribution in [0, 0.1) is 11.3 Å². The van der Waals surface area contributed by atoms with Gasteiger partial charge in [-0.1, -0.05) is 0 Å². The second-order valence-electron chi connectivity index (χ2n) is 5.64. The van der Waals surface area contributed by atoms with Crippen molar-refractivity contribution < 1.29 is 9.53 Å². The number of amides is 1. The average Bonchev–Trinajstić information content (AvgIpc) is 2.95. The van der Waals surface area contributed by atoms with Gasteiger partial charge in [0.1, 0.15) is 17.4 Å². The first kappa shape index (κ1) is 13.4. The number of carbonyl (C=O) groups is 1. The SMILES string of the molecule is CC(C)(C)OC(=O)N1CCC(n2nccc2C#N)C1. The van der Waals surface area contributed by atoms with Crippen LogP contribution < -0.4 is 0 Å². The van der Waals surface area contributed by atoms with Gasteiger partial charge in [0.05, 0.1) is 12.2 Å². The Kier molecular flexibility index (Phi) is 3.47. The Morgan fingerprint density at radius 2 is 2.32 bits per heavy atom. The lowest BCUT2D eigenvalue weighted by Crippen LogP contribution is -2.35. The maximum atomic E-state index is 11.9. The third-order valence-electron chi connectivity index (χ3n) is 2.95. The van der Waals surface area contributed by atoms with E-state index in [2.05, 4.69) is 11.2 Å². The maximum absolute atomic E-state index is 11.9. The quantitative estimate of drug-likeness (QED) is 0.775. The van der Waals surface area contributed by atoms with E-state index in [0.717, 1.165) is 6.42 Å². The van der Waals surface area contributed by atoms with E-state index in [1.165, 1.54) is 0 Å². The Balaban J connectivity index is 2.01. The van der Waals surface area contributed by atoms with Crippen LogP contribution in [0.5, 0.6) is 0 Å². The number of nitriles is 1. The van der Waals surface area contributed by atoms with Crippen molar-refractivity contribution in [2.45, 2.75) is 38.8 Å². The minimum atomic E-state index is -0.487. The van der Waals surface area contributed by atoms with E-state index in [-0.39, 0.29) is 12.1 Å². The number of hydrogen-bond donors (Lipinski definition) is 0. The fraction of sp³-hybridized carbons (Fsp3) is 0.615. The summed E-state index contributed by atoms with van der Waals surface area (Å²) in [6.07, 6.45) is 2.09. The van der Waals surface area contributed by atoms with E-state index in [9.17, 15) is 4.79 Å². The standard InChI is InChI=1S/C13H18N4O2/c1-13(2,3)19-12(18)16-7-5-11(9-16)17-10(8-14)4-6-15-17/h4,6,11H,5,7,9H2,1-3H3. The molecule has 1 saturated heterocycles. The maximum Gasteiger partial charge on any atom is 0.410 e. The lowest BCUT2D eigenvalue weighted by molar-refractivity contribution is 0.0288. The van der Waals surface area contributed by atoms with Crippen LogP contribution in [-0.4, -0.2) is 39.5 Å². The van der Waals surface area contributed by atoms with Crippen LogP contribution in [-0.2, 0) is 4.74 Å². The van der Waals surface area contributed by atoms with E-state index < -0.39 is 5.60 Å². The molecule has 102 valence electrons. The van der Waals surface area contributed by atoms with Crippen LogP contribution in [0.25, 0.3) is 0 Å². The number of hydrogen-bond acceptors (Lipinski definition) is 4. The van der Waals surface area contributed by atoms with E-state index in [4.69, 9.17) is 10.00 Å². The van der Waals surface area contributed by atoms with Gasteiger partial charge in [0.15, 0.2) is 0 Å². The van der Waals surface area contributed by atoms with E-state index in [1.54, 1.807) is 21.8 Å². The van der Waals surface area contributed by atoms with Crippen molar-refractivity contribution in [3.8, 4) is 6.07 Å². The molecule has 0 bridgehead atoms. The molecule has 6 nitrogen and oxygen atoms in total. The van der Waals surface area contributed by atoms with Gasteiger partial charge in [-0.15, -0.1) is 0 Å². The van der Waals surface area contributed by atoms with Crippen LogP contribution in [0.15, 0.2) is 12.3 Å². The molecule has 0 aromatic carbocycles. The van der Waals surface area contributed by atoms with Crippen molar-refractivity contribution in [1.82, 2.24) is 14.7 Å². The minimum absolute atomic E-state index is 0.0529. The van der Waals surface area contributed by atoms with Gasteiger partial charge in [0, 0.05) is 13.1 Å². The molecule has 0 N–H and O–H groups in total. The first-order valence-corrected chi connectivity index (χ1v) is 6.32. The number of ether oxygens (including phenoxy) is 1. The van der Waals surface area contributed by atoms with Crippen LogP contribution in [0.3, 0.4) is 0 Å². The molecule has 19 heavy (non-hydrogen) atoms. The number of nitrogens with zero attached hydrogens (tertiary/aromatic N) is 4. The van der Waals surface area contributed by atoms with Crippen LogP contribution in [0.4, 0.5) is 4.79 Å². The summed E-state index contributed by atoms with van der Waals surface area (Å²) < 4.78 is 7.02. The highest BCUT2D eigenvalue weighted by Crippen LogP contribution is 2.23. The molecule has 0 aliphatic carbocycles. The van der Waals surface area contributed by atoms with Gasteiger partial charge < -0.3 is 9.64 Å². The van der Waals surface area contributed by atoms with Gasteiger partial charge in [0.2, 0.25) is 0 Å². The van der Waals surface area contributed by atoms with Crippen LogP contribution in [0.1, 0.15) is 38.9 Å². The summed E-state index contributed by atoms with van der Waals surface area (Å²) in [6, 6.07) is 3.83. The first-order valence-electron chi connectivity index (χ1n) is 6.32. The zero-order valence-corrected chi connectivity index (χ0v) is 11.5. The molecule has 1 atom stereocenters. The summed E-state index contributed by atoms with van der Waals surface area (Å²) in [5.41, 5.74) is 0.0367. The molecule has 1 aromatic heterocycles. The Bertz CT molecular complexity index is 509. The zero-order chi connectivity index (χ0) is 14.0. The second kappa shape index (κ2) is 4.92. The smallest absolute Gasteiger partial charge is 0.410 e. The third-order valence-corrected chi connectivity index (χ3v) is 2.95. The molecule has 2 heterocycles.